The molecule has 1 saturated heterocycles. The molecule has 25 heavy (non-hydrogen) atoms. The molecule has 0 radical (unpaired) electrons. The highest BCUT2D eigenvalue weighted by Crippen LogP contribution is 2.27. The zero-order valence-electron chi connectivity index (χ0n) is 14.9. The topological polar surface area (TPSA) is 66.5 Å². The summed E-state index contributed by atoms with van der Waals surface area (Å²) in [6.45, 7) is 5.77. The average molecular weight is 387 g/mol. The molecule has 1 aliphatic heterocycles. The van der Waals surface area contributed by atoms with E-state index in [9.17, 15) is 13.2 Å². The molecule has 2 rings (SSSR count). The molecular formula is C18H27ClN2O3S. The van der Waals surface area contributed by atoms with Gasteiger partial charge in [-0.25, -0.2) is 8.42 Å². The van der Waals surface area contributed by atoms with Crippen molar-refractivity contribution in [3.8, 4) is 0 Å². The molecule has 1 amide bonds. The van der Waals surface area contributed by atoms with Crippen molar-refractivity contribution in [1.82, 2.24) is 9.62 Å². The van der Waals surface area contributed by atoms with Crippen LogP contribution in [-0.2, 0) is 10.0 Å². The summed E-state index contributed by atoms with van der Waals surface area (Å²) in [5.74, 6) is 0.159. The lowest BCUT2D eigenvalue weighted by atomic mass is 10.0. The highest BCUT2D eigenvalue weighted by atomic mass is 35.5. The zero-order valence-corrected chi connectivity index (χ0v) is 16.5. The number of nitrogens with zero attached hydrogens (tertiary/aromatic N) is 1. The first-order valence-corrected chi connectivity index (χ1v) is 10.8. The molecule has 1 aliphatic rings. The number of amides is 1. The molecule has 1 aromatic rings. The SMILES string of the molecule is CCC(CC)CNC(=O)c1ccc(Cl)c(S(=O)(=O)N2CCCCC2)c1. The van der Waals surface area contributed by atoms with Crippen molar-refractivity contribution in [2.45, 2.75) is 50.8 Å². The molecule has 1 aromatic carbocycles. The lowest BCUT2D eigenvalue weighted by molar-refractivity contribution is 0.0946. The van der Waals surface area contributed by atoms with Gasteiger partial charge >= 0.3 is 0 Å². The normalized spacial score (nSPS) is 16.2. The van der Waals surface area contributed by atoms with Gasteiger partial charge < -0.3 is 5.32 Å². The molecule has 1 fully saturated rings. The van der Waals surface area contributed by atoms with Crippen molar-refractivity contribution in [1.29, 1.82) is 0 Å². The van der Waals surface area contributed by atoms with Gasteiger partial charge in [0.1, 0.15) is 4.90 Å². The van der Waals surface area contributed by atoms with Crippen molar-refractivity contribution in [3.63, 3.8) is 0 Å². The van der Waals surface area contributed by atoms with Crippen LogP contribution < -0.4 is 5.32 Å². The molecule has 0 spiro atoms. The standard InChI is InChI=1S/C18H27ClN2O3S/c1-3-14(4-2)13-20-18(22)15-8-9-16(19)17(12-15)25(23,24)21-10-6-5-7-11-21/h8-9,12,14H,3-7,10-11,13H2,1-2H3,(H,20,22). The second-order valence-electron chi connectivity index (χ2n) is 6.50. The molecular weight excluding hydrogens is 360 g/mol. The highest BCUT2D eigenvalue weighted by Gasteiger charge is 2.28. The largest absolute Gasteiger partial charge is 0.352 e. The van der Waals surface area contributed by atoms with E-state index in [-0.39, 0.29) is 15.8 Å². The molecule has 0 saturated carbocycles. The number of benzene rings is 1. The Morgan fingerprint density at radius 2 is 1.84 bits per heavy atom. The maximum Gasteiger partial charge on any atom is 0.251 e. The second-order valence-corrected chi connectivity index (χ2v) is 8.82. The van der Waals surface area contributed by atoms with E-state index in [1.54, 1.807) is 6.07 Å². The van der Waals surface area contributed by atoms with E-state index in [0.717, 1.165) is 32.1 Å². The van der Waals surface area contributed by atoms with Crippen LogP contribution in [0.15, 0.2) is 23.1 Å². The van der Waals surface area contributed by atoms with Crippen LogP contribution in [0.5, 0.6) is 0 Å². The van der Waals surface area contributed by atoms with Crippen LogP contribution in [0.1, 0.15) is 56.3 Å². The van der Waals surface area contributed by atoms with E-state index in [0.29, 0.717) is 31.1 Å². The van der Waals surface area contributed by atoms with E-state index in [2.05, 4.69) is 19.2 Å². The van der Waals surface area contributed by atoms with Crippen LogP contribution in [0.3, 0.4) is 0 Å². The molecule has 7 heteroatoms. The number of piperidine rings is 1. The number of hydrogen-bond acceptors (Lipinski definition) is 3. The van der Waals surface area contributed by atoms with Crippen LogP contribution >= 0.6 is 11.6 Å². The average Bonchev–Trinajstić information content (AvgIpc) is 2.63. The maximum absolute atomic E-state index is 12.9. The Morgan fingerprint density at radius 3 is 2.44 bits per heavy atom. The summed E-state index contributed by atoms with van der Waals surface area (Å²) in [5, 5.41) is 3.04. The van der Waals surface area contributed by atoms with Gasteiger partial charge in [-0.3, -0.25) is 4.79 Å². The Balaban J connectivity index is 2.20. The molecule has 1 heterocycles. The molecule has 0 atom stereocenters. The number of sulfonamides is 1. The summed E-state index contributed by atoms with van der Waals surface area (Å²) < 4.78 is 27.2. The number of carbonyl (C=O) groups excluding carboxylic acids is 1. The first-order valence-electron chi connectivity index (χ1n) is 8.98. The summed E-state index contributed by atoms with van der Waals surface area (Å²) >= 11 is 6.14. The first kappa shape index (κ1) is 20.2. The van der Waals surface area contributed by atoms with Gasteiger partial charge in [0.25, 0.3) is 5.91 Å². The second kappa shape index (κ2) is 9.01. The van der Waals surface area contributed by atoms with E-state index in [1.165, 1.54) is 16.4 Å². The third-order valence-electron chi connectivity index (χ3n) is 4.83. The summed E-state index contributed by atoms with van der Waals surface area (Å²) in [5.41, 5.74) is 0.325. The Bertz CT molecular complexity index is 696. The van der Waals surface area contributed by atoms with Gasteiger partial charge in [-0.2, -0.15) is 4.31 Å². The maximum atomic E-state index is 12.9. The molecule has 1 N–H and O–H groups in total. The van der Waals surface area contributed by atoms with Crippen molar-refractivity contribution >= 4 is 27.5 Å². The molecule has 140 valence electrons. The van der Waals surface area contributed by atoms with Crippen LogP contribution in [0.25, 0.3) is 0 Å². The van der Waals surface area contributed by atoms with E-state index in [4.69, 9.17) is 11.6 Å². The Morgan fingerprint density at radius 1 is 1.20 bits per heavy atom. The fourth-order valence-corrected chi connectivity index (χ4v) is 5.02. The van der Waals surface area contributed by atoms with Gasteiger partial charge in [0.2, 0.25) is 10.0 Å². The molecule has 5 nitrogen and oxygen atoms in total. The van der Waals surface area contributed by atoms with Crippen molar-refractivity contribution in [2.75, 3.05) is 19.6 Å². The van der Waals surface area contributed by atoms with Gasteiger partial charge in [0.05, 0.1) is 5.02 Å². The number of rotatable bonds is 7. The molecule has 0 aromatic heterocycles. The van der Waals surface area contributed by atoms with Gasteiger partial charge in [-0.05, 0) is 37.0 Å². The third-order valence-corrected chi connectivity index (χ3v) is 7.21. The van der Waals surface area contributed by atoms with Gasteiger partial charge in [0, 0.05) is 25.2 Å². The fourth-order valence-electron chi connectivity index (χ4n) is 3.00. The van der Waals surface area contributed by atoms with Gasteiger partial charge in [0.15, 0.2) is 0 Å². The predicted molar refractivity (Wildman–Crippen MR) is 100 cm³/mol. The van der Waals surface area contributed by atoms with Gasteiger partial charge in [-0.15, -0.1) is 0 Å². The van der Waals surface area contributed by atoms with Crippen LogP contribution in [-0.4, -0.2) is 38.3 Å². The van der Waals surface area contributed by atoms with Gasteiger partial charge in [-0.1, -0.05) is 44.7 Å². The Kier molecular flexibility index (Phi) is 7.28. The number of nitrogens with one attached hydrogen (secondary N) is 1. The summed E-state index contributed by atoms with van der Waals surface area (Å²) in [4.78, 5) is 12.4. The number of carbonyl (C=O) groups is 1. The minimum Gasteiger partial charge on any atom is -0.352 e. The number of hydrogen-bond donors (Lipinski definition) is 1. The molecule has 0 aliphatic carbocycles. The lowest BCUT2D eigenvalue weighted by Gasteiger charge is -2.26. The van der Waals surface area contributed by atoms with Crippen molar-refractivity contribution in [3.05, 3.63) is 28.8 Å². The summed E-state index contributed by atoms with van der Waals surface area (Å²) in [7, 11) is -3.67. The smallest absolute Gasteiger partial charge is 0.251 e. The minimum atomic E-state index is -3.67. The monoisotopic (exact) mass is 386 g/mol. The van der Waals surface area contributed by atoms with Crippen LogP contribution in [0.4, 0.5) is 0 Å². The highest BCUT2D eigenvalue weighted by molar-refractivity contribution is 7.89. The van der Waals surface area contributed by atoms with E-state index >= 15 is 0 Å². The van der Waals surface area contributed by atoms with Crippen molar-refractivity contribution in [2.24, 2.45) is 5.92 Å². The predicted octanol–water partition coefficient (Wildman–Crippen LogP) is 3.68. The first-order chi connectivity index (χ1) is 11.9. The molecule has 0 unspecified atom stereocenters. The van der Waals surface area contributed by atoms with E-state index in [1.807, 2.05) is 0 Å². The summed E-state index contributed by atoms with van der Waals surface area (Å²) in [6, 6.07) is 4.46. The minimum absolute atomic E-state index is 0.0197. The Labute approximate surface area is 155 Å². The number of halogens is 1. The zero-order chi connectivity index (χ0) is 18.4. The van der Waals surface area contributed by atoms with E-state index < -0.39 is 10.0 Å². The lowest BCUT2D eigenvalue weighted by Crippen LogP contribution is -2.36. The van der Waals surface area contributed by atoms with Crippen molar-refractivity contribution < 1.29 is 13.2 Å². The summed E-state index contributed by atoms with van der Waals surface area (Å²) in [6.07, 6.45) is 4.73. The van der Waals surface area contributed by atoms with Crippen LogP contribution in [0.2, 0.25) is 5.02 Å². The quantitative estimate of drug-likeness (QED) is 0.777. The molecule has 0 bridgehead atoms. The Hall–Kier alpha value is -1.11. The third kappa shape index (κ3) is 4.96. The fraction of sp³-hybridized carbons (Fsp3) is 0.611. The van der Waals surface area contributed by atoms with Crippen LogP contribution in [0, 0.1) is 5.92 Å².